The van der Waals surface area contributed by atoms with Gasteiger partial charge in [-0.15, -0.1) is 0 Å². The van der Waals surface area contributed by atoms with Crippen LogP contribution >= 0.6 is 0 Å². The number of sulfone groups is 1. The fourth-order valence-corrected chi connectivity index (χ4v) is 4.43. The van der Waals surface area contributed by atoms with Crippen molar-refractivity contribution in [3.63, 3.8) is 0 Å². The van der Waals surface area contributed by atoms with Gasteiger partial charge < -0.3 is 19.5 Å². The van der Waals surface area contributed by atoms with Crippen LogP contribution in [0.4, 0.5) is 0 Å². The number of rotatable bonds is 10. The van der Waals surface area contributed by atoms with Crippen molar-refractivity contribution in [1.29, 1.82) is 0 Å². The highest BCUT2D eigenvalue weighted by Gasteiger charge is 2.28. The predicted molar refractivity (Wildman–Crippen MR) is 109 cm³/mol. The number of esters is 1. The Labute approximate surface area is 171 Å². The van der Waals surface area contributed by atoms with Crippen molar-refractivity contribution in [1.82, 2.24) is 5.32 Å². The molecule has 1 aromatic rings. The topological polar surface area (TPSA) is 108 Å². The molecule has 9 heteroatoms. The standard InChI is InChI=1S/C20H27NO7S/c1-3-10-27-17-7-5-15(12-18(17)26-4-2)6-8-20(23)28-13-19(22)21-16-9-11-29(24,25)14-16/h5-8,12,16H,3-4,9-11,13-14H2,1-2H3,(H,21,22)/b8-6+. The predicted octanol–water partition coefficient (Wildman–Crippen LogP) is 1.73. The highest BCUT2D eigenvalue weighted by Crippen LogP contribution is 2.29. The summed E-state index contributed by atoms with van der Waals surface area (Å²) in [5.74, 6) is 0.00824. The Morgan fingerprint density at radius 1 is 1.21 bits per heavy atom. The molecule has 1 amide bonds. The number of nitrogens with one attached hydrogen (secondary N) is 1. The second-order valence-electron chi connectivity index (χ2n) is 6.60. The first-order chi connectivity index (χ1) is 13.8. The first-order valence-corrected chi connectivity index (χ1v) is 11.4. The third kappa shape index (κ3) is 7.77. The van der Waals surface area contributed by atoms with Gasteiger partial charge in [0.1, 0.15) is 0 Å². The number of hydrogen-bond donors (Lipinski definition) is 1. The van der Waals surface area contributed by atoms with Gasteiger partial charge in [-0.1, -0.05) is 13.0 Å². The van der Waals surface area contributed by atoms with Crippen molar-refractivity contribution in [3.8, 4) is 11.5 Å². The summed E-state index contributed by atoms with van der Waals surface area (Å²) in [5, 5.41) is 2.56. The van der Waals surface area contributed by atoms with E-state index in [1.54, 1.807) is 24.3 Å². The fourth-order valence-electron chi connectivity index (χ4n) is 2.76. The van der Waals surface area contributed by atoms with E-state index in [9.17, 15) is 18.0 Å². The molecule has 1 heterocycles. The molecule has 1 aromatic carbocycles. The minimum atomic E-state index is -3.08. The normalized spacial score (nSPS) is 17.8. The van der Waals surface area contributed by atoms with Gasteiger partial charge in [-0.25, -0.2) is 13.2 Å². The van der Waals surface area contributed by atoms with Gasteiger partial charge in [0.25, 0.3) is 5.91 Å². The van der Waals surface area contributed by atoms with Crippen LogP contribution in [0.2, 0.25) is 0 Å². The summed E-state index contributed by atoms with van der Waals surface area (Å²) in [7, 11) is -3.08. The van der Waals surface area contributed by atoms with Crippen LogP contribution in [0, 0.1) is 0 Å². The molecule has 8 nitrogen and oxygen atoms in total. The number of ether oxygens (including phenoxy) is 3. The number of carbonyl (C=O) groups excluding carboxylic acids is 2. The largest absolute Gasteiger partial charge is 0.490 e. The molecule has 0 spiro atoms. The zero-order chi connectivity index (χ0) is 21.3. The molecular weight excluding hydrogens is 398 g/mol. The van der Waals surface area contributed by atoms with Crippen LogP contribution < -0.4 is 14.8 Å². The van der Waals surface area contributed by atoms with Crippen molar-refractivity contribution in [2.45, 2.75) is 32.7 Å². The summed E-state index contributed by atoms with van der Waals surface area (Å²) in [4.78, 5) is 23.6. The summed E-state index contributed by atoms with van der Waals surface area (Å²) in [6.07, 6.45) is 4.02. The van der Waals surface area contributed by atoms with Gasteiger partial charge in [0.05, 0.1) is 24.7 Å². The van der Waals surface area contributed by atoms with Gasteiger partial charge in [0.2, 0.25) is 0 Å². The maximum atomic E-state index is 11.8. The van der Waals surface area contributed by atoms with E-state index < -0.39 is 34.4 Å². The van der Waals surface area contributed by atoms with Gasteiger partial charge in [-0.2, -0.15) is 0 Å². The number of amides is 1. The molecule has 0 aromatic heterocycles. The molecule has 1 aliphatic heterocycles. The molecule has 1 unspecified atom stereocenters. The Hall–Kier alpha value is -2.55. The lowest BCUT2D eigenvalue weighted by molar-refractivity contribution is -0.143. The van der Waals surface area contributed by atoms with Gasteiger partial charge in [0, 0.05) is 12.1 Å². The molecule has 29 heavy (non-hydrogen) atoms. The monoisotopic (exact) mass is 425 g/mol. The summed E-state index contributed by atoms with van der Waals surface area (Å²) >= 11 is 0. The zero-order valence-electron chi connectivity index (χ0n) is 16.7. The molecule has 1 aliphatic rings. The first kappa shape index (κ1) is 22.7. The third-order valence-electron chi connectivity index (χ3n) is 4.08. The Morgan fingerprint density at radius 2 is 2.00 bits per heavy atom. The van der Waals surface area contributed by atoms with E-state index in [4.69, 9.17) is 14.2 Å². The van der Waals surface area contributed by atoms with Crippen molar-refractivity contribution < 1.29 is 32.2 Å². The molecule has 2 rings (SSSR count). The van der Waals surface area contributed by atoms with E-state index in [2.05, 4.69) is 5.32 Å². The number of benzene rings is 1. The van der Waals surface area contributed by atoms with Crippen molar-refractivity contribution in [2.75, 3.05) is 31.3 Å². The molecular formula is C20H27NO7S. The van der Waals surface area contributed by atoms with Crippen LogP contribution in [-0.2, 0) is 24.2 Å². The molecule has 1 fully saturated rings. The Balaban J connectivity index is 1.84. The Morgan fingerprint density at radius 3 is 2.66 bits per heavy atom. The van der Waals surface area contributed by atoms with E-state index in [1.807, 2.05) is 13.8 Å². The van der Waals surface area contributed by atoms with Gasteiger partial charge in [0.15, 0.2) is 27.9 Å². The maximum Gasteiger partial charge on any atom is 0.331 e. The molecule has 160 valence electrons. The van der Waals surface area contributed by atoms with E-state index in [0.29, 0.717) is 31.1 Å². The summed E-state index contributed by atoms with van der Waals surface area (Å²) < 4.78 is 38.9. The van der Waals surface area contributed by atoms with Crippen LogP contribution in [0.25, 0.3) is 6.08 Å². The summed E-state index contributed by atoms with van der Waals surface area (Å²) in [5.41, 5.74) is 0.717. The second kappa shape index (κ2) is 10.8. The van der Waals surface area contributed by atoms with Gasteiger partial charge >= 0.3 is 5.97 Å². The number of hydrogen-bond acceptors (Lipinski definition) is 7. The van der Waals surface area contributed by atoms with E-state index in [1.165, 1.54) is 6.08 Å². The minimum Gasteiger partial charge on any atom is -0.490 e. The minimum absolute atomic E-state index is 0.0620. The zero-order valence-corrected chi connectivity index (χ0v) is 17.5. The second-order valence-corrected chi connectivity index (χ2v) is 8.82. The fraction of sp³-hybridized carbons (Fsp3) is 0.500. The summed E-state index contributed by atoms with van der Waals surface area (Å²) in [6, 6.07) is 4.89. The third-order valence-corrected chi connectivity index (χ3v) is 5.85. The number of carbonyl (C=O) groups is 2. The van der Waals surface area contributed by atoms with Crippen LogP contribution in [-0.4, -0.2) is 57.7 Å². The van der Waals surface area contributed by atoms with Gasteiger partial charge in [-0.05, 0) is 43.5 Å². The quantitative estimate of drug-likeness (QED) is 0.449. The lowest BCUT2D eigenvalue weighted by atomic mass is 10.2. The smallest absolute Gasteiger partial charge is 0.331 e. The highest BCUT2D eigenvalue weighted by molar-refractivity contribution is 7.91. The van der Waals surface area contributed by atoms with Crippen LogP contribution in [0.1, 0.15) is 32.3 Å². The van der Waals surface area contributed by atoms with Crippen LogP contribution in [0.5, 0.6) is 11.5 Å². The molecule has 0 aliphatic carbocycles. The lowest BCUT2D eigenvalue weighted by Gasteiger charge is -2.12. The summed E-state index contributed by atoms with van der Waals surface area (Å²) in [6.45, 7) is 4.48. The molecule has 1 N–H and O–H groups in total. The average molecular weight is 426 g/mol. The molecule has 1 saturated heterocycles. The van der Waals surface area contributed by atoms with Crippen LogP contribution in [0.15, 0.2) is 24.3 Å². The van der Waals surface area contributed by atoms with E-state index in [-0.39, 0.29) is 11.5 Å². The average Bonchev–Trinajstić information content (AvgIpc) is 3.02. The van der Waals surface area contributed by atoms with Crippen molar-refractivity contribution >= 4 is 27.8 Å². The molecule has 1 atom stereocenters. The maximum absolute atomic E-state index is 11.8. The first-order valence-electron chi connectivity index (χ1n) is 9.57. The van der Waals surface area contributed by atoms with E-state index in [0.717, 1.165) is 12.0 Å². The van der Waals surface area contributed by atoms with Crippen LogP contribution in [0.3, 0.4) is 0 Å². The Bertz CT molecular complexity index is 848. The van der Waals surface area contributed by atoms with Crippen molar-refractivity contribution in [2.24, 2.45) is 0 Å². The SMILES string of the molecule is CCCOc1ccc(/C=C/C(=O)OCC(=O)NC2CCS(=O)(=O)C2)cc1OCC. The molecule has 0 bridgehead atoms. The van der Waals surface area contributed by atoms with E-state index >= 15 is 0 Å². The molecule has 0 radical (unpaired) electrons. The molecule has 0 saturated carbocycles. The Kier molecular flexibility index (Phi) is 8.50. The van der Waals surface area contributed by atoms with Crippen molar-refractivity contribution in [3.05, 3.63) is 29.8 Å². The lowest BCUT2D eigenvalue weighted by Crippen LogP contribution is -2.38. The highest BCUT2D eigenvalue weighted by atomic mass is 32.2. The van der Waals surface area contributed by atoms with Gasteiger partial charge in [-0.3, -0.25) is 4.79 Å².